The number of carbonyl (C=O) groups is 1. The molecule has 0 bridgehead atoms. The number of piperidine rings is 1. The lowest BCUT2D eigenvalue weighted by atomic mass is 10.1. The smallest absolute Gasteiger partial charge is 0.317 e. The molecule has 152 valence electrons. The quantitative estimate of drug-likeness (QED) is 0.806. The number of ether oxygens (including phenoxy) is 3. The number of aromatic nitrogens is 1. The largest absolute Gasteiger partial charge is 0.493 e. The number of benzene rings is 1. The number of methoxy groups -OCH3 is 2. The van der Waals surface area contributed by atoms with Crippen LogP contribution >= 0.6 is 0 Å². The summed E-state index contributed by atoms with van der Waals surface area (Å²) in [4.78, 5) is 18.4. The van der Waals surface area contributed by atoms with Crippen LogP contribution in [-0.4, -0.2) is 49.3 Å². The van der Waals surface area contributed by atoms with Gasteiger partial charge in [0.2, 0.25) is 5.88 Å². The van der Waals surface area contributed by atoms with Gasteiger partial charge in [0.25, 0.3) is 0 Å². The Morgan fingerprint density at radius 3 is 2.59 bits per heavy atom. The van der Waals surface area contributed by atoms with Crippen LogP contribution < -0.4 is 19.5 Å². The Labute approximate surface area is 170 Å². The lowest BCUT2D eigenvalue weighted by molar-refractivity contribution is 0.107. The predicted octanol–water partition coefficient (Wildman–Crippen LogP) is 2.72. The highest BCUT2D eigenvalue weighted by Gasteiger charge is 2.24. The summed E-state index contributed by atoms with van der Waals surface area (Å²) in [5.41, 5.74) is 1.43. The predicted molar refractivity (Wildman–Crippen MR) is 106 cm³/mol. The molecule has 1 fully saturated rings. The van der Waals surface area contributed by atoms with E-state index >= 15 is 0 Å². The van der Waals surface area contributed by atoms with Crippen LogP contribution in [0.3, 0.4) is 0 Å². The van der Waals surface area contributed by atoms with Crippen molar-refractivity contribution in [2.24, 2.45) is 0 Å². The van der Waals surface area contributed by atoms with E-state index < -0.39 is 0 Å². The number of nitriles is 1. The molecular formula is C21H24N4O4. The van der Waals surface area contributed by atoms with Crippen LogP contribution in [0.25, 0.3) is 0 Å². The standard InChI is InChI=1S/C21H24N4O4/c1-27-18-5-3-15(11-19(18)28-2)13-24-21(26)25-9-7-17(8-10-25)29-20-6-4-16(12-22)14-23-20/h3-6,11,14,17H,7-10,13H2,1-2H3,(H,24,26). The minimum Gasteiger partial charge on any atom is -0.493 e. The molecule has 0 aliphatic carbocycles. The van der Waals surface area contributed by atoms with Gasteiger partial charge in [0.05, 0.1) is 19.8 Å². The van der Waals surface area contributed by atoms with Gasteiger partial charge < -0.3 is 24.4 Å². The van der Waals surface area contributed by atoms with Crippen molar-refractivity contribution >= 4 is 6.03 Å². The SMILES string of the molecule is COc1ccc(CNC(=O)N2CCC(Oc3ccc(C#N)cn3)CC2)cc1OC. The molecule has 1 aromatic carbocycles. The summed E-state index contributed by atoms with van der Waals surface area (Å²) in [5.74, 6) is 1.79. The van der Waals surface area contributed by atoms with E-state index in [1.165, 1.54) is 6.20 Å². The van der Waals surface area contributed by atoms with Crippen molar-refractivity contribution < 1.29 is 19.0 Å². The zero-order valence-corrected chi connectivity index (χ0v) is 16.6. The Bertz CT molecular complexity index is 871. The van der Waals surface area contributed by atoms with Gasteiger partial charge in [-0.3, -0.25) is 0 Å². The average Bonchev–Trinajstić information content (AvgIpc) is 2.78. The number of rotatable bonds is 6. The first kappa shape index (κ1) is 20.3. The molecule has 1 N–H and O–H groups in total. The lowest BCUT2D eigenvalue weighted by Crippen LogP contribution is -2.46. The average molecular weight is 396 g/mol. The summed E-state index contributed by atoms with van der Waals surface area (Å²) < 4.78 is 16.4. The molecule has 1 aliphatic rings. The van der Waals surface area contributed by atoms with E-state index in [0.29, 0.717) is 42.6 Å². The maximum atomic E-state index is 12.5. The van der Waals surface area contributed by atoms with E-state index in [1.54, 1.807) is 31.3 Å². The minimum absolute atomic E-state index is 0.00494. The van der Waals surface area contributed by atoms with Crippen molar-refractivity contribution in [2.75, 3.05) is 27.3 Å². The summed E-state index contributed by atoms with van der Waals surface area (Å²) in [6, 6.07) is 10.9. The van der Waals surface area contributed by atoms with Gasteiger partial charge in [-0.05, 0) is 23.8 Å². The second-order valence-corrected chi connectivity index (χ2v) is 6.65. The number of urea groups is 1. The second kappa shape index (κ2) is 9.64. The topological polar surface area (TPSA) is 96.7 Å². The number of likely N-dealkylation sites (tertiary alicyclic amines) is 1. The number of pyridine rings is 1. The van der Waals surface area contributed by atoms with Crippen LogP contribution in [0.4, 0.5) is 4.79 Å². The Kier molecular flexibility index (Phi) is 6.74. The highest BCUT2D eigenvalue weighted by atomic mass is 16.5. The van der Waals surface area contributed by atoms with E-state index in [0.717, 1.165) is 18.4 Å². The molecule has 0 unspecified atom stereocenters. The Hall–Kier alpha value is -3.47. The molecule has 8 nitrogen and oxygen atoms in total. The van der Waals surface area contributed by atoms with Crippen molar-refractivity contribution in [2.45, 2.75) is 25.5 Å². The molecule has 8 heteroatoms. The third-order valence-corrected chi connectivity index (χ3v) is 4.77. The summed E-state index contributed by atoms with van der Waals surface area (Å²) in [5, 5.41) is 11.8. The number of hydrogen-bond donors (Lipinski definition) is 1. The van der Waals surface area contributed by atoms with Crippen LogP contribution in [-0.2, 0) is 6.54 Å². The molecule has 2 aromatic rings. The molecule has 2 heterocycles. The fraction of sp³-hybridized carbons (Fsp3) is 0.381. The van der Waals surface area contributed by atoms with Crippen molar-refractivity contribution in [1.29, 1.82) is 5.26 Å². The van der Waals surface area contributed by atoms with Gasteiger partial charge in [-0.1, -0.05) is 6.07 Å². The Morgan fingerprint density at radius 1 is 1.21 bits per heavy atom. The first-order valence-corrected chi connectivity index (χ1v) is 9.39. The summed E-state index contributed by atoms with van der Waals surface area (Å²) in [7, 11) is 3.17. The molecule has 1 aliphatic heterocycles. The monoisotopic (exact) mass is 396 g/mol. The maximum absolute atomic E-state index is 12.5. The van der Waals surface area contributed by atoms with Gasteiger partial charge in [-0.15, -0.1) is 0 Å². The van der Waals surface area contributed by atoms with Crippen LogP contribution in [0, 0.1) is 11.3 Å². The number of hydrogen-bond acceptors (Lipinski definition) is 6. The van der Waals surface area contributed by atoms with E-state index in [4.69, 9.17) is 19.5 Å². The van der Waals surface area contributed by atoms with Crippen LogP contribution in [0.1, 0.15) is 24.0 Å². The van der Waals surface area contributed by atoms with Gasteiger partial charge in [0.15, 0.2) is 11.5 Å². The molecule has 0 saturated carbocycles. The molecule has 2 amide bonds. The zero-order chi connectivity index (χ0) is 20.6. The first-order chi connectivity index (χ1) is 14.1. The summed E-state index contributed by atoms with van der Waals surface area (Å²) in [6.07, 6.45) is 2.95. The van der Waals surface area contributed by atoms with Crippen molar-refractivity contribution in [3.8, 4) is 23.4 Å². The summed E-state index contributed by atoms with van der Waals surface area (Å²) in [6.45, 7) is 1.63. The molecule has 0 atom stereocenters. The molecular weight excluding hydrogens is 372 g/mol. The fourth-order valence-electron chi connectivity index (χ4n) is 3.14. The number of amides is 2. The van der Waals surface area contributed by atoms with E-state index in [-0.39, 0.29) is 12.1 Å². The lowest BCUT2D eigenvalue weighted by Gasteiger charge is -2.32. The molecule has 1 saturated heterocycles. The number of nitrogens with zero attached hydrogens (tertiary/aromatic N) is 3. The zero-order valence-electron chi connectivity index (χ0n) is 16.6. The maximum Gasteiger partial charge on any atom is 0.317 e. The second-order valence-electron chi connectivity index (χ2n) is 6.65. The van der Waals surface area contributed by atoms with Crippen LogP contribution in [0.5, 0.6) is 17.4 Å². The van der Waals surface area contributed by atoms with E-state index in [2.05, 4.69) is 10.3 Å². The van der Waals surface area contributed by atoms with Gasteiger partial charge in [-0.2, -0.15) is 5.26 Å². The number of carbonyl (C=O) groups excluding carboxylic acids is 1. The van der Waals surface area contributed by atoms with Gasteiger partial charge >= 0.3 is 6.03 Å². The molecule has 3 rings (SSSR count). The van der Waals surface area contributed by atoms with Crippen molar-refractivity contribution in [3.63, 3.8) is 0 Å². The van der Waals surface area contributed by atoms with E-state index in [9.17, 15) is 4.79 Å². The van der Waals surface area contributed by atoms with Crippen molar-refractivity contribution in [3.05, 3.63) is 47.7 Å². The molecule has 0 radical (unpaired) electrons. The van der Waals surface area contributed by atoms with Crippen LogP contribution in [0.2, 0.25) is 0 Å². The number of nitrogens with one attached hydrogen (secondary N) is 1. The van der Waals surface area contributed by atoms with Gasteiger partial charge in [0, 0.05) is 44.7 Å². The molecule has 0 spiro atoms. The van der Waals surface area contributed by atoms with Gasteiger partial charge in [-0.25, -0.2) is 9.78 Å². The van der Waals surface area contributed by atoms with Crippen LogP contribution in [0.15, 0.2) is 36.5 Å². The summed E-state index contributed by atoms with van der Waals surface area (Å²) >= 11 is 0. The fourth-order valence-corrected chi connectivity index (χ4v) is 3.14. The highest BCUT2D eigenvalue weighted by molar-refractivity contribution is 5.74. The minimum atomic E-state index is -0.102. The molecule has 29 heavy (non-hydrogen) atoms. The Morgan fingerprint density at radius 2 is 1.97 bits per heavy atom. The third-order valence-electron chi connectivity index (χ3n) is 4.77. The first-order valence-electron chi connectivity index (χ1n) is 9.39. The highest BCUT2D eigenvalue weighted by Crippen LogP contribution is 2.27. The van der Waals surface area contributed by atoms with E-state index in [1.807, 2.05) is 24.3 Å². The normalized spacial score (nSPS) is 14.0. The van der Waals surface area contributed by atoms with Gasteiger partial charge in [0.1, 0.15) is 12.2 Å². The molecule has 1 aromatic heterocycles. The third kappa shape index (κ3) is 5.29. The Balaban J connectivity index is 1.45. The van der Waals surface area contributed by atoms with Crippen molar-refractivity contribution in [1.82, 2.24) is 15.2 Å².